The highest BCUT2D eigenvalue weighted by Gasteiger charge is 2.18. The SMILES string of the molecule is CCc1c(Cl)ncnc1NCC(C)(O)CC. The van der Waals surface area contributed by atoms with Crippen molar-refractivity contribution in [1.29, 1.82) is 0 Å². The van der Waals surface area contributed by atoms with Gasteiger partial charge in [0.15, 0.2) is 0 Å². The van der Waals surface area contributed by atoms with E-state index in [-0.39, 0.29) is 0 Å². The largest absolute Gasteiger partial charge is 0.388 e. The lowest BCUT2D eigenvalue weighted by atomic mass is 10.0. The number of rotatable bonds is 5. The monoisotopic (exact) mass is 243 g/mol. The van der Waals surface area contributed by atoms with E-state index in [0.29, 0.717) is 23.9 Å². The van der Waals surface area contributed by atoms with E-state index >= 15 is 0 Å². The summed E-state index contributed by atoms with van der Waals surface area (Å²) < 4.78 is 0. The highest BCUT2D eigenvalue weighted by atomic mass is 35.5. The summed E-state index contributed by atoms with van der Waals surface area (Å²) in [6.45, 7) is 6.17. The molecular formula is C11H18ClN3O. The number of aliphatic hydroxyl groups is 1. The van der Waals surface area contributed by atoms with Gasteiger partial charge in [0.05, 0.1) is 5.60 Å². The van der Waals surface area contributed by atoms with Crippen LogP contribution in [0.4, 0.5) is 5.82 Å². The first-order valence-electron chi connectivity index (χ1n) is 5.45. The van der Waals surface area contributed by atoms with Gasteiger partial charge in [-0.2, -0.15) is 0 Å². The van der Waals surface area contributed by atoms with Crippen LogP contribution in [-0.4, -0.2) is 27.2 Å². The molecule has 2 N–H and O–H groups in total. The molecular weight excluding hydrogens is 226 g/mol. The van der Waals surface area contributed by atoms with Gasteiger partial charge < -0.3 is 10.4 Å². The van der Waals surface area contributed by atoms with Gasteiger partial charge >= 0.3 is 0 Å². The Kier molecular flexibility index (Phi) is 4.50. The molecule has 0 spiro atoms. The first kappa shape index (κ1) is 13.2. The lowest BCUT2D eigenvalue weighted by Gasteiger charge is -2.22. The predicted octanol–water partition coefficient (Wildman–Crippen LogP) is 2.27. The zero-order valence-electron chi connectivity index (χ0n) is 9.92. The van der Waals surface area contributed by atoms with Gasteiger partial charge in [-0.15, -0.1) is 0 Å². The summed E-state index contributed by atoms with van der Waals surface area (Å²) in [5, 5.41) is 13.5. The lowest BCUT2D eigenvalue weighted by Crippen LogP contribution is -2.33. The average molecular weight is 244 g/mol. The molecule has 0 amide bonds. The quantitative estimate of drug-likeness (QED) is 0.779. The second-order valence-corrected chi connectivity index (χ2v) is 4.41. The molecule has 1 aromatic rings. The fourth-order valence-electron chi connectivity index (χ4n) is 1.26. The Morgan fingerprint density at radius 1 is 1.44 bits per heavy atom. The molecule has 0 fully saturated rings. The Hall–Kier alpha value is -0.870. The fourth-order valence-corrected chi connectivity index (χ4v) is 1.52. The number of nitrogens with zero attached hydrogens (tertiary/aromatic N) is 2. The van der Waals surface area contributed by atoms with E-state index in [1.54, 1.807) is 6.92 Å². The van der Waals surface area contributed by atoms with Crippen molar-refractivity contribution in [3.63, 3.8) is 0 Å². The normalized spacial score (nSPS) is 14.6. The van der Waals surface area contributed by atoms with E-state index in [0.717, 1.165) is 12.0 Å². The molecule has 0 saturated carbocycles. The molecule has 0 aliphatic rings. The lowest BCUT2D eigenvalue weighted by molar-refractivity contribution is 0.0696. The van der Waals surface area contributed by atoms with E-state index < -0.39 is 5.60 Å². The first-order valence-corrected chi connectivity index (χ1v) is 5.83. The molecule has 1 aromatic heterocycles. The van der Waals surface area contributed by atoms with E-state index in [4.69, 9.17) is 11.6 Å². The molecule has 0 saturated heterocycles. The third-order valence-electron chi connectivity index (χ3n) is 2.64. The zero-order valence-corrected chi connectivity index (χ0v) is 10.7. The summed E-state index contributed by atoms with van der Waals surface area (Å²) in [4.78, 5) is 8.06. The maximum Gasteiger partial charge on any atom is 0.137 e. The van der Waals surface area contributed by atoms with Crippen molar-refractivity contribution in [2.75, 3.05) is 11.9 Å². The molecule has 90 valence electrons. The molecule has 0 aliphatic carbocycles. The van der Waals surface area contributed by atoms with Crippen LogP contribution in [-0.2, 0) is 6.42 Å². The van der Waals surface area contributed by atoms with E-state index in [9.17, 15) is 5.11 Å². The minimum absolute atomic E-state index is 0.448. The molecule has 1 rings (SSSR count). The molecule has 16 heavy (non-hydrogen) atoms. The molecule has 0 aromatic carbocycles. The van der Waals surface area contributed by atoms with Crippen LogP contribution in [0, 0.1) is 0 Å². The maximum atomic E-state index is 9.88. The van der Waals surface area contributed by atoms with Crippen molar-refractivity contribution in [3.8, 4) is 0 Å². The molecule has 1 unspecified atom stereocenters. The maximum absolute atomic E-state index is 9.88. The van der Waals surface area contributed by atoms with E-state index in [2.05, 4.69) is 15.3 Å². The van der Waals surface area contributed by atoms with Crippen LogP contribution < -0.4 is 5.32 Å². The summed E-state index contributed by atoms with van der Waals surface area (Å²) in [5.41, 5.74) is 0.152. The highest BCUT2D eigenvalue weighted by Crippen LogP contribution is 2.21. The van der Waals surface area contributed by atoms with Crippen LogP contribution in [0.1, 0.15) is 32.8 Å². The third kappa shape index (κ3) is 3.32. The van der Waals surface area contributed by atoms with Crippen LogP contribution in [0.15, 0.2) is 6.33 Å². The summed E-state index contributed by atoms with van der Waals surface area (Å²) in [6, 6.07) is 0. The third-order valence-corrected chi connectivity index (χ3v) is 2.97. The van der Waals surface area contributed by atoms with E-state index in [1.807, 2.05) is 13.8 Å². The van der Waals surface area contributed by atoms with Gasteiger partial charge in [0.1, 0.15) is 17.3 Å². The number of aromatic nitrogens is 2. The number of hydrogen-bond donors (Lipinski definition) is 2. The van der Waals surface area contributed by atoms with Crippen molar-refractivity contribution in [2.24, 2.45) is 0 Å². The topological polar surface area (TPSA) is 58.0 Å². The second kappa shape index (κ2) is 5.46. The first-order chi connectivity index (χ1) is 7.50. The molecule has 0 radical (unpaired) electrons. The predicted molar refractivity (Wildman–Crippen MR) is 65.8 cm³/mol. The van der Waals surface area contributed by atoms with Gasteiger partial charge in [-0.1, -0.05) is 25.4 Å². The van der Waals surface area contributed by atoms with Gasteiger partial charge in [0, 0.05) is 12.1 Å². The van der Waals surface area contributed by atoms with Crippen LogP contribution in [0.25, 0.3) is 0 Å². The van der Waals surface area contributed by atoms with Crippen LogP contribution in [0.5, 0.6) is 0 Å². The summed E-state index contributed by atoms with van der Waals surface area (Å²) >= 11 is 5.96. The van der Waals surface area contributed by atoms with Crippen molar-refractivity contribution < 1.29 is 5.11 Å². The summed E-state index contributed by atoms with van der Waals surface area (Å²) in [5.74, 6) is 0.705. The average Bonchev–Trinajstić information content (AvgIpc) is 2.26. The fraction of sp³-hybridized carbons (Fsp3) is 0.636. The number of hydrogen-bond acceptors (Lipinski definition) is 4. The molecule has 1 atom stereocenters. The van der Waals surface area contributed by atoms with Crippen LogP contribution >= 0.6 is 11.6 Å². The molecule has 0 bridgehead atoms. The summed E-state index contributed by atoms with van der Waals surface area (Å²) in [7, 11) is 0. The van der Waals surface area contributed by atoms with E-state index in [1.165, 1.54) is 6.33 Å². The molecule has 4 nitrogen and oxygen atoms in total. The molecule has 5 heteroatoms. The van der Waals surface area contributed by atoms with Crippen LogP contribution in [0.3, 0.4) is 0 Å². The Morgan fingerprint density at radius 3 is 2.69 bits per heavy atom. The zero-order chi connectivity index (χ0) is 12.2. The Bertz CT molecular complexity index is 355. The van der Waals surface area contributed by atoms with Gasteiger partial charge in [0.2, 0.25) is 0 Å². The molecule has 1 heterocycles. The summed E-state index contributed by atoms with van der Waals surface area (Å²) in [6.07, 6.45) is 2.86. The van der Waals surface area contributed by atoms with Gasteiger partial charge in [0.25, 0.3) is 0 Å². The Labute approximate surface area is 101 Å². The Balaban J connectivity index is 2.78. The molecule has 0 aliphatic heterocycles. The number of halogens is 1. The van der Waals surface area contributed by atoms with Crippen molar-refractivity contribution in [1.82, 2.24) is 9.97 Å². The second-order valence-electron chi connectivity index (χ2n) is 4.05. The minimum Gasteiger partial charge on any atom is -0.388 e. The Morgan fingerprint density at radius 2 is 2.12 bits per heavy atom. The van der Waals surface area contributed by atoms with Gasteiger partial charge in [-0.3, -0.25) is 0 Å². The van der Waals surface area contributed by atoms with Crippen LogP contribution in [0.2, 0.25) is 5.15 Å². The minimum atomic E-state index is -0.734. The van der Waals surface area contributed by atoms with Gasteiger partial charge in [-0.05, 0) is 19.8 Å². The van der Waals surface area contributed by atoms with Gasteiger partial charge in [-0.25, -0.2) is 9.97 Å². The van der Waals surface area contributed by atoms with Crippen molar-refractivity contribution in [2.45, 2.75) is 39.2 Å². The van der Waals surface area contributed by atoms with Crippen molar-refractivity contribution in [3.05, 3.63) is 17.0 Å². The number of anilines is 1. The highest BCUT2D eigenvalue weighted by molar-refractivity contribution is 6.30. The standard InChI is InChI=1S/C11H18ClN3O/c1-4-8-9(12)14-7-15-10(8)13-6-11(3,16)5-2/h7,16H,4-6H2,1-3H3,(H,13,14,15). The smallest absolute Gasteiger partial charge is 0.137 e. The van der Waals surface area contributed by atoms with Crippen molar-refractivity contribution >= 4 is 17.4 Å². The number of nitrogens with one attached hydrogen (secondary N) is 1.